The fourth-order valence-corrected chi connectivity index (χ4v) is 0.903. The van der Waals surface area contributed by atoms with Gasteiger partial charge >= 0.3 is 0 Å². The fourth-order valence-electron chi connectivity index (χ4n) is 0.903. The second-order valence-corrected chi connectivity index (χ2v) is 3.03. The van der Waals surface area contributed by atoms with Gasteiger partial charge in [-0.2, -0.15) is 0 Å². The lowest BCUT2D eigenvalue weighted by Crippen LogP contribution is -2.68. The largest absolute Gasteiger partial charge is 0.326 e. The predicted octanol–water partition coefficient (Wildman–Crippen LogP) is -0.443. The Labute approximate surface area is 75.1 Å². The van der Waals surface area contributed by atoms with Crippen molar-refractivity contribution in [3.63, 3.8) is 0 Å². The third kappa shape index (κ3) is 4.66. The van der Waals surface area contributed by atoms with E-state index in [0.29, 0.717) is 6.54 Å². The fraction of sp³-hybridized carbons (Fsp3) is 1.00. The van der Waals surface area contributed by atoms with E-state index < -0.39 is 5.79 Å². The second-order valence-electron chi connectivity index (χ2n) is 3.03. The van der Waals surface area contributed by atoms with E-state index in [9.17, 15) is 0 Å². The average Bonchev–Trinajstić information content (AvgIpc) is 2.11. The minimum atomic E-state index is -0.577. The van der Waals surface area contributed by atoms with Crippen molar-refractivity contribution in [2.24, 2.45) is 11.5 Å². The van der Waals surface area contributed by atoms with E-state index in [4.69, 9.17) is 11.5 Å². The topological polar surface area (TPSA) is 76.1 Å². The van der Waals surface area contributed by atoms with Crippen LogP contribution in [0.25, 0.3) is 0 Å². The van der Waals surface area contributed by atoms with Gasteiger partial charge in [-0.05, 0) is 25.9 Å². The van der Waals surface area contributed by atoms with Crippen molar-refractivity contribution in [1.29, 1.82) is 0 Å². The van der Waals surface area contributed by atoms with Crippen LogP contribution in [-0.2, 0) is 0 Å². The van der Waals surface area contributed by atoms with Crippen LogP contribution >= 0.6 is 0 Å². The zero-order valence-corrected chi connectivity index (χ0v) is 8.19. The zero-order valence-electron chi connectivity index (χ0n) is 8.19. The van der Waals surface area contributed by atoms with E-state index in [0.717, 1.165) is 25.9 Å². The van der Waals surface area contributed by atoms with Crippen molar-refractivity contribution in [3.8, 4) is 0 Å². The summed E-state index contributed by atoms with van der Waals surface area (Å²) in [7, 11) is 0. The molecule has 0 aliphatic heterocycles. The summed E-state index contributed by atoms with van der Waals surface area (Å²) in [6.07, 6.45) is 2.12. The number of nitrogens with one attached hydrogen (secondary N) is 2. The molecular weight excluding hydrogens is 152 g/mol. The van der Waals surface area contributed by atoms with Gasteiger partial charge in [0.05, 0.1) is 0 Å². The molecule has 0 heterocycles. The molecule has 0 aromatic carbocycles. The number of hydrogen-bond donors (Lipinski definition) is 4. The molecule has 0 amide bonds. The van der Waals surface area contributed by atoms with Gasteiger partial charge in [-0.25, -0.2) is 0 Å². The van der Waals surface area contributed by atoms with Gasteiger partial charge in [0.1, 0.15) is 5.79 Å². The highest BCUT2D eigenvalue weighted by Gasteiger charge is 2.19. The van der Waals surface area contributed by atoms with Crippen LogP contribution in [0.2, 0.25) is 0 Å². The van der Waals surface area contributed by atoms with Crippen LogP contribution in [0, 0.1) is 0 Å². The molecule has 0 radical (unpaired) electrons. The molecule has 0 saturated heterocycles. The van der Waals surface area contributed by atoms with Crippen molar-refractivity contribution in [2.75, 3.05) is 19.6 Å². The second kappa shape index (κ2) is 6.37. The molecule has 4 nitrogen and oxygen atoms in total. The SMILES string of the molecule is CCCNC(N)(CN)NCCC. The smallest absolute Gasteiger partial charge is 0.133 e. The lowest BCUT2D eigenvalue weighted by molar-refractivity contribution is 0.274. The minimum Gasteiger partial charge on any atom is -0.326 e. The van der Waals surface area contributed by atoms with Crippen LogP contribution in [-0.4, -0.2) is 25.4 Å². The normalized spacial score (nSPS) is 12.0. The summed E-state index contributed by atoms with van der Waals surface area (Å²) in [6.45, 7) is 6.40. The lowest BCUT2D eigenvalue weighted by atomic mass is 10.3. The maximum Gasteiger partial charge on any atom is 0.133 e. The Hall–Kier alpha value is -0.160. The molecular formula is C8H22N4. The zero-order chi connectivity index (χ0) is 9.45. The molecule has 0 aliphatic rings. The lowest BCUT2D eigenvalue weighted by Gasteiger charge is -2.30. The van der Waals surface area contributed by atoms with Gasteiger partial charge < -0.3 is 5.73 Å². The first-order valence-electron chi connectivity index (χ1n) is 4.67. The molecule has 0 saturated carbocycles. The minimum absolute atomic E-state index is 0.410. The summed E-state index contributed by atoms with van der Waals surface area (Å²) in [6, 6.07) is 0. The first-order valence-corrected chi connectivity index (χ1v) is 4.67. The average molecular weight is 174 g/mol. The van der Waals surface area contributed by atoms with Crippen molar-refractivity contribution >= 4 is 0 Å². The van der Waals surface area contributed by atoms with E-state index >= 15 is 0 Å². The molecule has 0 atom stereocenters. The van der Waals surface area contributed by atoms with Gasteiger partial charge in [0.25, 0.3) is 0 Å². The summed E-state index contributed by atoms with van der Waals surface area (Å²) < 4.78 is 0. The highest BCUT2D eigenvalue weighted by Crippen LogP contribution is 1.88. The Morgan fingerprint density at radius 3 is 1.75 bits per heavy atom. The maximum absolute atomic E-state index is 5.92. The number of hydrogen-bond acceptors (Lipinski definition) is 4. The highest BCUT2D eigenvalue weighted by molar-refractivity contribution is 4.78. The first kappa shape index (κ1) is 11.8. The Morgan fingerprint density at radius 1 is 1.08 bits per heavy atom. The third-order valence-electron chi connectivity index (χ3n) is 1.70. The highest BCUT2D eigenvalue weighted by atomic mass is 15.3. The van der Waals surface area contributed by atoms with E-state index in [1.165, 1.54) is 0 Å². The van der Waals surface area contributed by atoms with Gasteiger partial charge in [-0.1, -0.05) is 13.8 Å². The molecule has 12 heavy (non-hydrogen) atoms. The maximum atomic E-state index is 5.92. The van der Waals surface area contributed by atoms with E-state index in [2.05, 4.69) is 24.5 Å². The summed E-state index contributed by atoms with van der Waals surface area (Å²) in [4.78, 5) is 0. The van der Waals surface area contributed by atoms with E-state index in [1.54, 1.807) is 0 Å². The predicted molar refractivity (Wildman–Crippen MR) is 52.6 cm³/mol. The van der Waals surface area contributed by atoms with Crippen LogP contribution in [0.15, 0.2) is 0 Å². The number of nitrogens with two attached hydrogens (primary N) is 2. The number of rotatable bonds is 7. The van der Waals surface area contributed by atoms with Crippen molar-refractivity contribution in [1.82, 2.24) is 10.6 Å². The van der Waals surface area contributed by atoms with E-state index in [1.807, 2.05) is 0 Å². The Balaban J connectivity index is 3.70. The Morgan fingerprint density at radius 2 is 1.50 bits per heavy atom. The third-order valence-corrected chi connectivity index (χ3v) is 1.70. The first-order chi connectivity index (χ1) is 5.68. The van der Waals surface area contributed by atoms with Gasteiger partial charge in [-0.15, -0.1) is 0 Å². The quantitative estimate of drug-likeness (QED) is 0.395. The summed E-state index contributed by atoms with van der Waals surface area (Å²) in [5.41, 5.74) is 11.5. The Kier molecular flexibility index (Phi) is 6.28. The van der Waals surface area contributed by atoms with E-state index in [-0.39, 0.29) is 0 Å². The molecule has 6 N–H and O–H groups in total. The van der Waals surface area contributed by atoms with Crippen LogP contribution in [0.3, 0.4) is 0 Å². The molecule has 74 valence electrons. The molecule has 4 heteroatoms. The summed E-state index contributed by atoms with van der Waals surface area (Å²) >= 11 is 0. The molecule has 0 fully saturated rings. The van der Waals surface area contributed by atoms with Gasteiger partial charge in [0.15, 0.2) is 0 Å². The van der Waals surface area contributed by atoms with Crippen molar-refractivity contribution < 1.29 is 0 Å². The van der Waals surface area contributed by atoms with Crippen LogP contribution in [0.4, 0.5) is 0 Å². The summed E-state index contributed by atoms with van der Waals surface area (Å²) in [5, 5.41) is 6.34. The van der Waals surface area contributed by atoms with Gasteiger partial charge in [-0.3, -0.25) is 16.4 Å². The molecule has 0 aromatic heterocycles. The van der Waals surface area contributed by atoms with Gasteiger partial charge in [0, 0.05) is 6.54 Å². The molecule has 0 aliphatic carbocycles. The molecule has 0 unspecified atom stereocenters. The van der Waals surface area contributed by atoms with Crippen LogP contribution in [0.5, 0.6) is 0 Å². The van der Waals surface area contributed by atoms with Crippen LogP contribution in [0.1, 0.15) is 26.7 Å². The molecule has 0 bridgehead atoms. The van der Waals surface area contributed by atoms with Crippen LogP contribution < -0.4 is 22.1 Å². The molecule has 0 aromatic rings. The monoisotopic (exact) mass is 174 g/mol. The molecule has 0 spiro atoms. The molecule has 0 rings (SSSR count). The Bertz CT molecular complexity index is 97.2. The summed E-state index contributed by atoms with van der Waals surface area (Å²) in [5.74, 6) is -0.577. The van der Waals surface area contributed by atoms with Crippen molar-refractivity contribution in [2.45, 2.75) is 32.5 Å². The standard InChI is InChI=1S/C8H22N4/c1-3-5-11-8(10,7-9)12-6-4-2/h11-12H,3-7,9-10H2,1-2H3. The van der Waals surface area contributed by atoms with Crippen molar-refractivity contribution in [3.05, 3.63) is 0 Å². The van der Waals surface area contributed by atoms with Gasteiger partial charge in [0.2, 0.25) is 0 Å².